The molecule has 7 nitrogen and oxygen atoms in total. The molecule has 27 heavy (non-hydrogen) atoms. The second kappa shape index (κ2) is 12.2. The minimum Gasteiger partial charge on any atom is -0.356 e. The fourth-order valence-corrected chi connectivity index (χ4v) is 3.90. The smallest absolute Gasteiger partial charge is 0.191 e. The lowest BCUT2D eigenvalue weighted by atomic mass is 10.0. The van der Waals surface area contributed by atoms with Crippen molar-refractivity contribution in [2.45, 2.75) is 58.5 Å². The lowest BCUT2D eigenvalue weighted by molar-refractivity contribution is 0.147. The van der Waals surface area contributed by atoms with E-state index in [-0.39, 0.29) is 0 Å². The van der Waals surface area contributed by atoms with Crippen LogP contribution in [0.3, 0.4) is 0 Å². The van der Waals surface area contributed by atoms with Crippen LogP contribution in [0.5, 0.6) is 0 Å². The van der Waals surface area contributed by atoms with Gasteiger partial charge in [0.2, 0.25) is 0 Å². The molecular weight excluding hydrogens is 358 g/mol. The molecule has 1 fully saturated rings. The van der Waals surface area contributed by atoms with Crippen LogP contribution in [0.25, 0.3) is 0 Å². The van der Waals surface area contributed by atoms with Gasteiger partial charge in [0.15, 0.2) is 11.8 Å². The first-order valence-electron chi connectivity index (χ1n) is 10.3. The van der Waals surface area contributed by atoms with Gasteiger partial charge in [0.1, 0.15) is 12.4 Å². The SMILES string of the molecule is CCC1CCCCN1CCNC(=NCc1nnc(C)n1C)NCCCSC. The van der Waals surface area contributed by atoms with Gasteiger partial charge in [-0.2, -0.15) is 11.8 Å². The Labute approximate surface area is 168 Å². The average molecular weight is 396 g/mol. The molecule has 2 N–H and O–H groups in total. The molecule has 8 heteroatoms. The Morgan fingerprint density at radius 3 is 2.78 bits per heavy atom. The number of nitrogens with one attached hydrogen (secondary N) is 2. The third-order valence-electron chi connectivity index (χ3n) is 5.29. The minimum absolute atomic E-state index is 0.538. The quantitative estimate of drug-likeness (QED) is 0.359. The number of aryl methyl sites for hydroxylation is 1. The number of likely N-dealkylation sites (tertiary alicyclic amines) is 1. The number of aliphatic imine (C=N–C) groups is 1. The van der Waals surface area contributed by atoms with Crippen molar-refractivity contribution < 1.29 is 0 Å². The summed E-state index contributed by atoms with van der Waals surface area (Å²) in [5.41, 5.74) is 0. The zero-order valence-electron chi connectivity index (χ0n) is 17.5. The highest BCUT2D eigenvalue weighted by Gasteiger charge is 2.20. The standard InChI is InChI=1S/C19H37N7S/c1-5-17-9-6-7-12-26(17)13-11-21-19(20-10-8-14-27-4)22-15-18-24-23-16(2)25(18)3/h17H,5-15H2,1-4H3,(H2,20,21,22). The van der Waals surface area contributed by atoms with E-state index in [0.29, 0.717) is 6.54 Å². The van der Waals surface area contributed by atoms with E-state index in [2.05, 4.69) is 38.9 Å². The number of thioether (sulfide) groups is 1. The number of hydrogen-bond donors (Lipinski definition) is 2. The highest BCUT2D eigenvalue weighted by Crippen LogP contribution is 2.18. The normalized spacial score (nSPS) is 18.7. The summed E-state index contributed by atoms with van der Waals surface area (Å²) in [5, 5.41) is 15.3. The Balaban J connectivity index is 1.86. The van der Waals surface area contributed by atoms with Gasteiger partial charge in [-0.15, -0.1) is 10.2 Å². The summed E-state index contributed by atoms with van der Waals surface area (Å²) >= 11 is 1.88. The van der Waals surface area contributed by atoms with Crippen molar-refractivity contribution >= 4 is 17.7 Å². The van der Waals surface area contributed by atoms with E-state index in [1.165, 1.54) is 32.2 Å². The van der Waals surface area contributed by atoms with Gasteiger partial charge in [-0.25, -0.2) is 4.99 Å². The van der Waals surface area contributed by atoms with E-state index < -0.39 is 0 Å². The summed E-state index contributed by atoms with van der Waals surface area (Å²) in [5.74, 6) is 3.84. The van der Waals surface area contributed by atoms with Gasteiger partial charge in [0.25, 0.3) is 0 Å². The molecule has 154 valence electrons. The first-order valence-corrected chi connectivity index (χ1v) is 11.6. The van der Waals surface area contributed by atoms with Gasteiger partial charge in [-0.05, 0) is 51.2 Å². The van der Waals surface area contributed by atoms with Crippen molar-refractivity contribution in [2.75, 3.05) is 38.2 Å². The molecule has 0 amide bonds. The first-order chi connectivity index (χ1) is 13.2. The Morgan fingerprint density at radius 2 is 2.07 bits per heavy atom. The zero-order chi connectivity index (χ0) is 19.5. The molecule has 0 aromatic carbocycles. The number of guanidine groups is 1. The highest BCUT2D eigenvalue weighted by molar-refractivity contribution is 7.98. The number of nitrogens with zero attached hydrogens (tertiary/aromatic N) is 5. The molecule has 0 radical (unpaired) electrons. The van der Waals surface area contributed by atoms with E-state index in [0.717, 1.165) is 55.5 Å². The van der Waals surface area contributed by atoms with Crippen molar-refractivity contribution in [3.8, 4) is 0 Å². The maximum Gasteiger partial charge on any atom is 0.191 e. The van der Waals surface area contributed by atoms with E-state index in [4.69, 9.17) is 4.99 Å². The molecule has 0 aliphatic carbocycles. The van der Waals surface area contributed by atoms with Crippen LogP contribution in [0.2, 0.25) is 0 Å². The maximum absolute atomic E-state index is 4.73. The van der Waals surface area contributed by atoms with Gasteiger partial charge >= 0.3 is 0 Å². The maximum atomic E-state index is 4.73. The molecule has 1 aromatic rings. The molecule has 2 rings (SSSR count). The fourth-order valence-electron chi connectivity index (χ4n) is 3.47. The summed E-state index contributed by atoms with van der Waals surface area (Å²) in [7, 11) is 1.99. The zero-order valence-corrected chi connectivity index (χ0v) is 18.3. The molecule has 2 heterocycles. The van der Waals surface area contributed by atoms with Crippen LogP contribution >= 0.6 is 11.8 Å². The van der Waals surface area contributed by atoms with Crippen molar-refractivity contribution in [1.29, 1.82) is 0 Å². The number of aromatic nitrogens is 3. The van der Waals surface area contributed by atoms with E-state index >= 15 is 0 Å². The summed E-state index contributed by atoms with van der Waals surface area (Å²) < 4.78 is 1.99. The largest absolute Gasteiger partial charge is 0.356 e. The van der Waals surface area contributed by atoms with Crippen molar-refractivity contribution in [1.82, 2.24) is 30.3 Å². The molecule has 0 spiro atoms. The molecule has 1 aromatic heterocycles. The molecule has 1 saturated heterocycles. The Hall–Kier alpha value is -1.28. The summed E-state index contributed by atoms with van der Waals surface area (Å²) in [6, 6.07) is 0.747. The third-order valence-corrected chi connectivity index (χ3v) is 5.99. The van der Waals surface area contributed by atoms with Crippen LogP contribution in [0.4, 0.5) is 0 Å². The van der Waals surface area contributed by atoms with Gasteiger partial charge < -0.3 is 15.2 Å². The van der Waals surface area contributed by atoms with Crippen LogP contribution in [0.1, 0.15) is 50.7 Å². The van der Waals surface area contributed by atoms with E-state index in [9.17, 15) is 0 Å². The lowest BCUT2D eigenvalue weighted by Crippen LogP contribution is -2.46. The van der Waals surface area contributed by atoms with E-state index in [1.807, 2.05) is 30.3 Å². The van der Waals surface area contributed by atoms with Crippen molar-refractivity contribution in [3.05, 3.63) is 11.6 Å². The second-order valence-corrected chi connectivity index (χ2v) is 8.17. The predicted octanol–water partition coefficient (Wildman–Crippen LogP) is 2.18. The van der Waals surface area contributed by atoms with Crippen LogP contribution in [-0.4, -0.2) is 69.9 Å². The predicted molar refractivity (Wildman–Crippen MR) is 115 cm³/mol. The van der Waals surface area contributed by atoms with Crippen molar-refractivity contribution in [2.24, 2.45) is 12.0 Å². The van der Waals surface area contributed by atoms with Gasteiger partial charge in [0, 0.05) is 32.7 Å². The molecule has 1 aliphatic heterocycles. The van der Waals surface area contributed by atoms with Crippen LogP contribution in [-0.2, 0) is 13.6 Å². The summed E-state index contributed by atoms with van der Waals surface area (Å²) in [6.07, 6.45) is 8.58. The third kappa shape index (κ3) is 7.33. The fraction of sp³-hybridized carbons (Fsp3) is 0.842. The minimum atomic E-state index is 0.538. The monoisotopic (exact) mass is 395 g/mol. The summed E-state index contributed by atoms with van der Waals surface area (Å²) in [6.45, 7) is 8.96. The number of rotatable bonds is 10. The van der Waals surface area contributed by atoms with E-state index in [1.54, 1.807) is 0 Å². The van der Waals surface area contributed by atoms with Crippen LogP contribution in [0.15, 0.2) is 4.99 Å². The molecule has 1 aliphatic rings. The van der Waals surface area contributed by atoms with Gasteiger partial charge in [-0.1, -0.05) is 13.3 Å². The average Bonchev–Trinajstić information content (AvgIpc) is 3.01. The molecule has 0 saturated carbocycles. The molecule has 0 bridgehead atoms. The van der Waals surface area contributed by atoms with Gasteiger partial charge in [0.05, 0.1) is 0 Å². The van der Waals surface area contributed by atoms with Gasteiger partial charge in [-0.3, -0.25) is 4.90 Å². The number of hydrogen-bond acceptors (Lipinski definition) is 5. The molecule has 1 atom stereocenters. The highest BCUT2D eigenvalue weighted by atomic mass is 32.2. The van der Waals surface area contributed by atoms with Crippen molar-refractivity contribution in [3.63, 3.8) is 0 Å². The Kier molecular flexibility index (Phi) is 9.97. The second-order valence-electron chi connectivity index (χ2n) is 7.18. The molecular formula is C19H37N7S. The Bertz CT molecular complexity index is 572. The van der Waals surface area contributed by atoms with Crippen LogP contribution in [0, 0.1) is 6.92 Å². The van der Waals surface area contributed by atoms with Crippen LogP contribution < -0.4 is 10.6 Å². The topological polar surface area (TPSA) is 70.4 Å². The lowest BCUT2D eigenvalue weighted by Gasteiger charge is -2.35. The number of piperidine rings is 1. The molecule has 1 unspecified atom stereocenters. The Morgan fingerprint density at radius 1 is 1.26 bits per heavy atom. The first kappa shape index (κ1) is 22.0. The summed E-state index contributed by atoms with van der Waals surface area (Å²) in [4.78, 5) is 7.37.